The molecule has 0 atom stereocenters. The van der Waals surface area contributed by atoms with Gasteiger partial charge in [-0.15, -0.1) is 0 Å². The van der Waals surface area contributed by atoms with Crippen LogP contribution < -0.4 is 5.30 Å². The van der Waals surface area contributed by atoms with Crippen molar-refractivity contribution >= 4 is 19.3 Å². The van der Waals surface area contributed by atoms with Crippen LogP contribution in [0.15, 0.2) is 36.7 Å². The van der Waals surface area contributed by atoms with Gasteiger partial charge in [0.1, 0.15) is 0 Å². The van der Waals surface area contributed by atoms with Crippen molar-refractivity contribution in [2.24, 2.45) is 0 Å². The van der Waals surface area contributed by atoms with Crippen LogP contribution in [0.3, 0.4) is 0 Å². The zero-order valence-corrected chi connectivity index (χ0v) is 6.66. The fourth-order valence-corrected chi connectivity index (χ4v) is 1.39. The van der Waals surface area contributed by atoms with Crippen molar-refractivity contribution in [1.29, 1.82) is 0 Å². The first kappa shape index (κ1) is 6.56. The van der Waals surface area contributed by atoms with Crippen LogP contribution in [0.2, 0.25) is 0 Å². The lowest BCUT2D eigenvalue weighted by molar-refractivity contribution is 0.603. The minimum absolute atomic E-state index is 0.0831. The number of aromatic nitrogens is 1. The van der Waals surface area contributed by atoms with Crippen LogP contribution in [0.25, 0.3) is 5.52 Å². The highest BCUT2D eigenvalue weighted by molar-refractivity contribution is 7.34. The molecule has 3 heteroatoms. The van der Waals surface area contributed by atoms with Crippen LogP contribution >= 0.6 is 8.46 Å². The molecule has 2 aromatic rings. The molecule has 0 bridgehead atoms. The molecule has 0 amide bonds. The molecule has 0 unspecified atom stereocenters. The van der Waals surface area contributed by atoms with Crippen LogP contribution in [-0.4, -0.2) is 4.40 Å². The number of hydrogen-bond donors (Lipinski definition) is 0. The molecular weight excluding hydrogens is 157 g/mol. The summed E-state index contributed by atoms with van der Waals surface area (Å²) in [6.07, 6.45) is 3.86. The molecular formula is C8H6NOP. The molecule has 2 heterocycles. The highest BCUT2D eigenvalue weighted by Crippen LogP contribution is 2.04. The van der Waals surface area contributed by atoms with E-state index < -0.39 is 0 Å². The standard InChI is InChI=1S/C8H6NOP/c10-11-8-3-5-9-4-1-2-7(9)6-8/h1-6H. The van der Waals surface area contributed by atoms with Crippen molar-refractivity contribution in [2.45, 2.75) is 0 Å². The smallest absolute Gasteiger partial charge is 0.192 e. The predicted octanol–water partition coefficient (Wildman–Crippen LogP) is 1.86. The van der Waals surface area contributed by atoms with Gasteiger partial charge in [-0.05, 0) is 24.3 Å². The largest absolute Gasteiger partial charge is 0.324 e. The summed E-state index contributed by atoms with van der Waals surface area (Å²) in [4.78, 5) is 0. The van der Waals surface area contributed by atoms with Gasteiger partial charge in [0.2, 0.25) is 0 Å². The summed E-state index contributed by atoms with van der Waals surface area (Å²) in [6.45, 7) is 0. The van der Waals surface area contributed by atoms with Crippen LogP contribution in [-0.2, 0) is 4.57 Å². The SMILES string of the molecule is O=Pc1ccn2cccc2c1. The average Bonchev–Trinajstić information content (AvgIpc) is 2.50. The minimum Gasteiger partial charge on any atom is -0.324 e. The Labute approximate surface area is 65.7 Å². The van der Waals surface area contributed by atoms with Gasteiger partial charge in [-0.2, -0.15) is 0 Å². The van der Waals surface area contributed by atoms with E-state index >= 15 is 0 Å². The maximum atomic E-state index is 10.5. The van der Waals surface area contributed by atoms with E-state index in [9.17, 15) is 4.57 Å². The van der Waals surface area contributed by atoms with E-state index in [1.165, 1.54) is 0 Å². The lowest BCUT2D eigenvalue weighted by atomic mass is 10.4. The fraction of sp³-hybridized carbons (Fsp3) is 0. The Morgan fingerprint density at radius 1 is 1.27 bits per heavy atom. The van der Waals surface area contributed by atoms with E-state index in [1.807, 2.05) is 41.1 Å². The Morgan fingerprint density at radius 3 is 3.00 bits per heavy atom. The zero-order chi connectivity index (χ0) is 7.68. The lowest BCUT2D eigenvalue weighted by Crippen LogP contribution is -1.92. The number of fused-ring (bicyclic) bond motifs is 1. The van der Waals surface area contributed by atoms with Gasteiger partial charge >= 0.3 is 0 Å². The molecule has 0 aliphatic rings. The molecule has 2 nitrogen and oxygen atoms in total. The molecule has 2 rings (SSSR count). The first-order valence-corrected chi connectivity index (χ1v) is 4.11. The molecule has 0 saturated carbocycles. The molecule has 0 aromatic carbocycles. The van der Waals surface area contributed by atoms with Crippen molar-refractivity contribution in [3.63, 3.8) is 0 Å². The van der Waals surface area contributed by atoms with E-state index in [4.69, 9.17) is 0 Å². The molecule has 11 heavy (non-hydrogen) atoms. The minimum atomic E-state index is 0.0831. The highest BCUT2D eigenvalue weighted by atomic mass is 31.1. The van der Waals surface area contributed by atoms with Crippen molar-refractivity contribution in [1.82, 2.24) is 4.40 Å². The van der Waals surface area contributed by atoms with Gasteiger partial charge in [0.05, 0.1) is 0 Å². The monoisotopic (exact) mass is 163 g/mol. The molecule has 0 saturated heterocycles. The normalized spacial score (nSPS) is 10.9. The Morgan fingerprint density at radius 2 is 2.18 bits per heavy atom. The summed E-state index contributed by atoms with van der Waals surface area (Å²) in [6, 6.07) is 7.67. The summed E-state index contributed by atoms with van der Waals surface area (Å²) in [7, 11) is 0.0831. The molecule has 0 aliphatic carbocycles. The molecule has 0 spiro atoms. The fourth-order valence-electron chi connectivity index (χ4n) is 1.08. The number of pyridine rings is 1. The topological polar surface area (TPSA) is 21.5 Å². The highest BCUT2D eigenvalue weighted by Gasteiger charge is 1.93. The molecule has 0 N–H and O–H groups in total. The zero-order valence-electron chi connectivity index (χ0n) is 5.77. The maximum absolute atomic E-state index is 10.5. The molecule has 54 valence electrons. The van der Waals surface area contributed by atoms with Gasteiger partial charge in [0, 0.05) is 23.2 Å². The second-order valence-electron chi connectivity index (χ2n) is 2.32. The maximum Gasteiger partial charge on any atom is 0.192 e. The Hall–Kier alpha value is -1.14. The first-order chi connectivity index (χ1) is 5.40. The second-order valence-corrected chi connectivity index (χ2v) is 3.02. The van der Waals surface area contributed by atoms with E-state index in [0.717, 1.165) is 10.8 Å². The number of rotatable bonds is 1. The number of hydrogen-bond acceptors (Lipinski definition) is 1. The van der Waals surface area contributed by atoms with Gasteiger partial charge in [-0.25, -0.2) is 0 Å². The van der Waals surface area contributed by atoms with Gasteiger partial charge in [-0.3, -0.25) is 4.57 Å². The van der Waals surface area contributed by atoms with Crippen LogP contribution in [0, 0.1) is 0 Å². The Balaban J connectivity index is 2.76. The summed E-state index contributed by atoms with van der Waals surface area (Å²) >= 11 is 0. The first-order valence-electron chi connectivity index (χ1n) is 3.30. The van der Waals surface area contributed by atoms with Gasteiger partial charge in [0.15, 0.2) is 8.46 Å². The average molecular weight is 163 g/mol. The summed E-state index contributed by atoms with van der Waals surface area (Å²) in [5, 5.41) is 0.816. The Kier molecular flexibility index (Phi) is 1.48. The van der Waals surface area contributed by atoms with Gasteiger partial charge in [-0.1, -0.05) is 0 Å². The van der Waals surface area contributed by atoms with Crippen LogP contribution in [0.4, 0.5) is 0 Å². The van der Waals surface area contributed by atoms with Crippen molar-refractivity contribution in [3.8, 4) is 0 Å². The third-order valence-electron chi connectivity index (χ3n) is 1.62. The van der Waals surface area contributed by atoms with Crippen LogP contribution in [0.1, 0.15) is 0 Å². The van der Waals surface area contributed by atoms with Crippen molar-refractivity contribution in [3.05, 3.63) is 36.7 Å². The van der Waals surface area contributed by atoms with Crippen molar-refractivity contribution in [2.75, 3.05) is 0 Å². The quantitative estimate of drug-likeness (QED) is 0.588. The number of nitrogens with zero attached hydrogens (tertiary/aromatic N) is 1. The lowest BCUT2D eigenvalue weighted by Gasteiger charge is -1.92. The molecule has 0 aliphatic heterocycles. The van der Waals surface area contributed by atoms with E-state index in [0.29, 0.717) is 0 Å². The molecule has 0 fully saturated rings. The van der Waals surface area contributed by atoms with E-state index in [1.54, 1.807) is 0 Å². The second kappa shape index (κ2) is 2.48. The predicted molar refractivity (Wildman–Crippen MR) is 44.6 cm³/mol. The summed E-state index contributed by atoms with van der Waals surface area (Å²) < 4.78 is 12.4. The van der Waals surface area contributed by atoms with Crippen molar-refractivity contribution < 1.29 is 4.57 Å². The summed E-state index contributed by atoms with van der Waals surface area (Å²) in [5.74, 6) is 0. The Bertz CT molecular complexity index is 394. The third kappa shape index (κ3) is 1.06. The van der Waals surface area contributed by atoms with E-state index in [-0.39, 0.29) is 8.46 Å². The molecule has 0 radical (unpaired) electrons. The molecule has 2 aromatic heterocycles. The van der Waals surface area contributed by atoms with E-state index in [2.05, 4.69) is 0 Å². The summed E-state index contributed by atoms with van der Waals surface area (Å²) in [5.41, 5.74) is 1.07. The van der Waals surface area contributed by atoms with Crippen LogP contribution in [0.5, 0.6) is 0 Å². The van der Waals surface area contributed by atoms with Gasteiger partial charge < -0.3 is 4.40 Å². The van der Waals surface area contributed by atoms with Gasteiger partial charge in [0.25, 0.3) is 0 Å². The third-order valence-corrected chi connectivity index (χ3v) is 2.11.